The van der Waals surface area contributed by atoms with Gasteiger partial charge in [-0.15, -0.1) is 0 Å². The molecule has 1 aromatic heterocycles. The third-order valence-corrected chi connectivity index (χ3v) is 4.20. The number of carbonyl (C=O) groups excluding carboxylic acids is 1. The number of nitrogens with one attached hydrogen (secondary N) is 3. The molecule has 3 rings (SSSR count). The van der Waals surface area contributed by atoms with Gasteiger partial charge in [-0.1, -0.05) is 31.5 Å². The van der Waals surface area contributed by atoms with E-state index in [2.05, 4.69) is 22.5 Å². The molecule has 1 amide bonds. The highest BCUT2D eigenvalue weighted by molar-refractivity contribution is 6.06. The van der Waals surface area contributed by atoms with Gasteiger partial charge in [0.2, 0.25) is 5.43 Å². The third kappa shape index (κ3) is 3.40. The minimum absolute atomic E-state index is 0.107. The zero-order valence-corrected chi connectivity index (χ0v) is 14.3. The first-order chi connectivity index (χ1) is 12.1. The summed E-state index contributed by atoms with van der Waals surface area (Å²) in [7, 11) is 1.83. The molecule has 0 unspecified atom stereocenters. The van der Waals surface area contributed by atoms with Crippen molar-refractivity contribution in [2.75, 3.05) is 17.7 Å². The highest BCUT2D eigenvalue weighted by Gasteiger charge is 2.14. The molecule has 0 aliphatic carbocycles. The number of hydrogen-bond acceptors (Lipinski definition) is 3. The van der Waals surface area contributed by atoms with Crippen molar-refractivity contribution in [2.45, 2.75) is 19.8 Å². The van der Waals surface area contributed by atoms with E-state index in [0.717, 1.165) is 29.8 Å². The van der Waals surface area contributed by atoms with Gasteiger partial charge in [-0.3, -0.25) is 9.59 Å². The summed E-state index contributed by atoms with van der Waals surface area (Å²) in [4.78, 5) is 28.3. The van der Waals surface area contributed by atoms with Crippen LogP contribution in [0.15, 0.2) is 53.5 Å². The maximum atomic E-state index is 12.7. The molecular formula is C20H21N3O2. The Morgan fingerprint density at radius 3 is 2.72 bits per heavy atom. The summed E-state index contributed by atoms with van der Waals surface area (Å²) < 4.78 is 0. The minimum Gasteiger partial charge on any atom is -0.388 e. The highest BCUT2D eigenvalue weighted by atomic mass is 16.2. The van der Waals surface area contributed by atoms with Crippen LogP contribution in [0.1, 0.15) is 29.3 Å². The lowest BCUT2D eigenvalue weighted by Crippen LogP contribution is -2.22. The summed E-state index contributed by atoms with van der Waals surface area (Å²) in [5.41, 5.74) is 3.23. The topological polar surface area (TPSA) is 74.0 Å². The average molecular weight is 335 g/mol. The maximum absolute atomic E-state index is 12.7. The van der Waals surface area contributed by atoms with E-state index < -0.39 is 5.91 Å². The van der Waals surface area contributed by atoms with Gasteiger partial charge in [0.25, 0.3) is 5.91 Å². The fourth-order valence-corrected chi connectivity index (χ4v) is 2.86. The molecular weight excluding hydrogens is 314 g/mol. The lowest BCUT2D eigenvalue weighted by molar-refractivity contribution is 0.102. The van der Waals surface area contributed by atoms with Crippen LogP contribution in [0.25, 0.3) is 10.9 Å². The van der Waals surface area contributed by atoms with E-state index in [4.69, 9.17) is 0 Å². The number of aromatic amines is 1. The first kappa shape index (κ1) is 16.8. The third-order valence-electron chi connectivity index (χ3n) is 4.20. The number of hydrogen-bond donors (Lipinski definition) is 3. The molecule has 0 spiro atoms. The Balaban J connectivity index is 1.97. The van der Waals surface area contributed by atoms with Crippen molar-refractivity contribution in [2.24, 2.45) is 0 Å². The van der Waals surface area contributed by atoms with Crippen LogP contribution in [-0.4, -0.2) is 17.9 Å². The molecule has 25 heavy (non-hydrogen) atoms. The number of rotatable bonds is 5. The van der Waals surface area contributed by atoms with Crippen LogP contribution in [0, 0.1) is 0 Å². The molecule has 0 saturated carbocycles. The van der Waals surface area contributed by atoms with Crippen LogP contribution in [0.4, 0.5) is 11.4 Å². The molecule has 1 heterocycles. The Hall–Kier alpha value is -3.08. The second-order valence-electron chi connectivity index (χ2n) is 5.90. The SMILES string of the molecule is CCCc1ccc(NC)cc1NC(=O)c1c[nH]c2ccccc2c1=O. The van der Waals surface area contributed by atoms with Gasteiger partial charge in [-0.05, 0) is 36.2 Å². The Labute approximate surface area is 146 Å². The van der Waals surface area contributed by atoms with Gasteiger partial charge in [0.1, 0.15) is 5.56 Å². The van der Waals surface area contributed by atoms with Gasteiger partial charge in [0.15, 0.2) is 0 Å². The standard InChI is InChI=1S/C20H21N3O2/c1-3-6-13-9-10-14(21-2)11-18(13)23-20(25)16-12-22-17-8-5-4-7-15(17)19(16)24/h4-5,7-12,21H,3,6H2,1-2H3,(H,22,24)(H,23,25). The van der Waals surface area contributed by atoms with Crippen LogP contribution >= 0.6 is 0 Å². The molecule has 5 nitrogen and oxygen atoms in total. The Bertz CT molecular complexity index is 976. The number of carbonyl (C=O) groups is 1. The van der Waals surface area contributed by atoms with Crippen molar-refractivity contribution in [3.05, 3.63) is 70.0 Å². The molecule has 0 radical (unpaired) electrons. The van der Waals surface area contributed by atoms with E-state index in [1.807, 2.05) is 37.4 Å². The second kappa shape index (κ2) is 7.21. The van der Waals surface area contributed by atoms with E-state index >= 15 is 0 Å². The van der Waals surface area contributed by atoms with E-state index in [0.29, 0.717) is 10.9 Å². The van der Waals surface area contributed by atoms with Crippen molar-refractivity contribution in [1.29, 1.82) is 0 Å². The quantitative estimate of drug-likeness (QED) is 0.664. The summed E-state index contributed by atoms with van der Waals surface area (Å²) in [6.07, 6.45) is 3.30. The van der Waals surface area contributed by atoms with Crippen LogP contribution in [0.2, 0.25) is 0 Å². The number of aryl methyl sites for hydroxylation is 1. The van der Waals surface area contributed by atoms with Crippen molar-refractivity contribution in [3.63, 3.8) is 0 Å². The largest absolute Gasteiger partial charge is 0.388 e. The van der Waals surface area contributed by atoms with Crippen LogP contribution < -0.4 is 16.1 Å². The molecule has 3 N–H and O–H groups in total. The molecule has 0 fully saturated rings. The summed E-state index contributed by atoms with van der Waals surface area (Å²) in [6, 6.07) is 13.0. The number of fused-ring (bicyclic) bond motifs is 1. The minimum atomic E-state index is -0.405. The summed E-state index contributed by atoms with van der Waals surface area (Å²) in [5.74, 6) is -0.405. The Morgan fingerprint density at radius 1 is 1.16 bits per heavy atom. The van der Waals surface area contributed by atoms with E-state index in [-0.39, 0.29) is 11.0 Å². The zero-order valence-electron chi connectivity index (χ0n) is 14.3. The van der Waals surface area contributed by atoms with E-state index in [1.165, 1.54) is 6.20 Å². The zero-order chi connectivity index (χ0) is 17.8. The molecule has 0 atom stereocenters. The number of anilines is 2. The van der Waals surface area contributed by atoms with Gasteiger partial charge >= 0.3 is 0 Å². The molecule has 0 aliphatic heterocycles. The molecule has 2 aromatic carbocycles. The van der Waals surface area contributed by atoms with E-state index in [1.54, 1.807) is 12.1 Å². The van der Waals surface area contributed by atoms with Gasteiger partial charge in [-0.25, -0.2) is 0 Å². The number of H-pyrrole nitrogens is 1. The highest BCUT2D eigenvalue weighted by Crippen LogP contribution is 2.23. The van der Waals surface area contributed by atoms with Gasteiger partial charge < -0.3 is 15.6 Å². The molecule has 128 valence electrons. The monoisotopic (exact) mass is 335 g/mol. The first-order valence-corrected chi connectivity index (χ1v) is 8.36. The number of aromatic nitrogens is 1. The predicted octanol–water partition coefficient (Wildman–Crippen LogP) is 3.77. The van der Waals surface area contributed by atoms with Crippen molar-refractivity contribution < 1.29 is 4.79 Å². The van der Waals surface area contributed by atoms with Crippen LogP contribution in [0.3, 0.4) is 0 Å². The molecule has 3 aromatic rings. The predicted molar refractivity (Wildman–Crippen MR) is 103 cm³/mol. The van der Waals surface area contributed by atoms with Crippen molar-refractivity contribution in [3.8, 4) is 0 Å². The number of amides is 1. The fraction of sp³-hybridized carbons (Fsp3) is 0.200. The van der Waals surface area contributed by atoms with Crippen molar-refractivity contribution >= 4 is 28.2 Å². The summed E-state index contributed by atoms with van der Waals surface area (Å²) in [6.45, 7) is 2.09. The average Bonchev–Trinajstić information content (AvgIpc) is 2.63. The van der Waals surface area contributed by atoms with E-state index in [9.17, 15) is 9.59 Å². The van der Waals surface area contributed by atoms with Crippen LogP contribution in [0.5, 0.6) is 0 Å². The molecule has 5 heteroatoms. The molecule has 0 bridgehead atoms. The van der Waals surface area contributed by atoms with Gasteiger partial charge in [0.05, 0.1) is 0 Å². The normalized spacial score (nSPS) is 10.6. The number of benzene rings is 2. The first-order valence-electron chi connectivity index (χ1n) is 8.36. The molecule has 0 aliphatic rings. The van der Waals surface area contributed by atoms with Gasteiger partial charge in [-0.2, -0.15) is 0 Å². The lowest BCUT2D eigenvalue weighted by Gasteiger charge is -2.13. The Kier molecular flexibility index (Phi) is 4.84. The second-order valence-corrected chi connectivity index (χ2v) is 5.90. The smallest absolute Gasteiger partial charge is 0.261 e. The summed E-state index contributed by atoms with van der Waals surface area (Å²) in [5, 5.41) is 6.47. The lowest BCUT2D eigenvalue weighted by atomic mass is 10.1. The maximum Gasteiger partial charge on any atom is 0.261 e. The summed E-state index contributed by atoms with van der Waals surface area (Å²) >= 11 is 0. The fourth-order valence-electron chi connectivity index (χ4n) is 2.86. The number of pyridine rings is 1. The molecule has 0 saturated heterocycles. The van der Waals surface area contributed by atoms with Gasteiger partial charge in [0, 0.05) is 35.5 Å². The Morgan fingerprint density at radius 2 is 1.96 bits per heavy atom. The van der Waals surface area contributed by atoms with Crippen LogP contribution in [-0.2, 0) is 6.42 Å². The number of para-hydroxylation sites is 1. The van der Waals surface area contributed by atoms with Crippen molar-refractivity contribution in [1.82, 2.24) is 4.98 Å².